The topological polar surface area (TPSA) is 116 Å². The highest BCUT2D eigenvalue weighted by Gasteiger charge is 2.70. The Morgan fingerprint density at radius 1 is 0.846 bits per heavy atom. The molecule has 264 valence electrons. The van der Waals surface area contributed by atoms with Gasteiger partial charge in [0.05, 0.1) is 46.1 Å². The molecule has 0 spiro atoms. The van der Waals surface area contributed by atoms with Crippen LogP contribution in [0.5, 0.6) is 11.5 Å². The minimum absolute atomic E-state index is 0.133. The van der Waals surface area contributed by atoms with Crippen molar-refractivity contribution in [1.29, 1.82) is 0 Å². The zero-order valence-corrected chi connectivity index (χ0v) is 32.7. The van der Waals surface area contributed by atoms with E-state index in [2.05, 4.69) is 53.2 Å². The lowest BCUT2D eigenvalue weighted by atomic mass is 9.49. The Hall–Kier alpha value is -4.26. The molecule has 8 rings (SSSR count). The van der Waals surface area contributed by atoms with Gasteiger partial charge in [-0.2, -0.15) is 5.01 Å². The lowest BCUT2D eigenvalue weighted by Gasteiger charge is -2.51. The predicted octanol–water partition coefficient (Wildman–Crippen LogP) is 8.19. The quantitative estimate of drug-likeness (QED) is 0.148. The van der Waals surface area contributed by atoms with E-state index in [0.717, 1.165) is 20.6 Å². The van der Waals surface area contributed by atoms with Gasteiger partial charge in [-0.25, -0.2) is 0 Å². The number of anilines is 2. The fraction of sp³-hybridized carbons (Fsp3) is 0.250. The molecule has 0 radical (unpaired) electrons. The van der Waals surface area contributed by atoms with Crippen molar-refractivity contribution in [3.63, 3.8) is 0 Å². The van der Waals surface area contributed by atoms with Crippen molar-refractivity contribution in [2.24, 2.45) is 23.7 Å². The molecule has 1 saturated carbocycles. The molecular formula is C40H32Br3N3O6. The van der Waals surface area contributed by atoms with Crippen molar-refractivity contribution in [3.05, 3.63) is 127 Å². The average Bonchev–Trinajstić information content (AvgIpc) is 3.53. The number of halogens is 3. The Balaban J connectivity index is 1.36. The van der Waals surface area contributed by atoms with Crippen LogP contribution in [0.1, 0.15) is 35.4 Å². The molecule has 3 fully saturated rings. The first kappa shape index (κ1) is 34.8. The summed E-state index contributed by atoms with van der Waals surface area (Å²) in [5.74, 6) is -5.12. The van der Waals surface area contributed by atoms with Crippen LogP contribution in [0, 0.1) is 30.6 Å². The maximum atomic E-state index is 15.4. The predicted molar refractivity (Wildman–Crippen MR) is 205 cm³/mol. The normalized spacial score (nSPS) is 26.6. The number of allylic oxidation sites excluding steroid dienone is 2. The number of hydrogen-bond donors (Lipinski definition) is 2. The highest BCUT2D eigenvalue weighted by molar-refractivity contribution is 9.13. The number of aryl methyl sites for hydroxylation is 1. The minimum atomic E-state index is -1.48. The number of aromatic hydroxyl groups is 1. The number of nitrogens with one attached hydrogen (secondary N) is 1. The van der Waals surface area contributed by atoms with Crippen LogP contribution >= 0.6 is 47.8 Å². The molecule has 2 saturated heterocycles. The Morgan fingerprint density at radius 2 is 1.54 bits per heavy atom. The summed E-state index contributed by atoms with van der Waals surface area (Å²) < 4.78 is 7.24. The van der Waals surface area contributed by atoms with E-state index in [1.807, 2.05) is 67.6 Å². The van der Waals surface area contributed by atoms with Gasteiger partial charge in [-0.1, -0.05) is 75.6 Å². The molecule has 2 aliphatic carbocycles. The maximum Gasteiger partial charge on any atom is 0.260 e. The van der Waals surface area contributed by atoms with E-state index in [0.29, 0.717) is 31.4 Å². The Bertz CT molecular complexity index is 2190. The van der Waals surface area contributed by atoms with Crippen LogP contribution < -0.4 is 15.1 Å². The monoisotopic (exact) mass is 887 g/mol. The zero-order chi connectivity index (χ0) is 36.6. The molecule has 4 aromatic carbocycles. The molecule has 6 atom stereocenters. The maximum absolute atomic E-state index is 15.4. The summed E-state index contributed by atoms with van der Waals surface area (Å²) in [4.78, 5) is 60.2. The summed E-state index contributed by atoms with van der Waals surface area (Å²) in [5, 5.41) is 12.1. The summed E-state index contributed by atoms with van der Waals surface area (Å²) in [6.45, 7) is 1.96. The van der Waals surface area contributed by atoms with Gasteiger partial charge in [0.2, 0.25) is 11.8 Å². The number of ether oxygens (including phenoxy) is 1. The molecule has 9 nitrogen and oxygen atoms in total. The Kier molecular flexibility index (Phi) is 8.70. The number of imide groups is 2. The van der Waals surface area contributed by atoms with E-state index in [1.54, 1.807) is 30.3 Å². The summed E-state index contributed by atoms with van der Waals surface area (Å²) in [5.41, 5.74) is 5.73. The van der Waals surface area contributed by atoms with E-state index >= 15 is 4.79 Å². The summed E-state index contributed by atoms with van der Waals surface area (Å²) in [6, 6.07) is 25.5. The molecule has 0 unspecified atom stereocenters. The second-order valence-corrected chi connectivity index (χ2v) is 16.2. The van der Waals surface area contributed by atoms with Gasteiger partial charge in [0, 0.05) is 14.9 Å². The number of carbonyl (C=O) groups excluding carboxylic acids is 4. The summed E-state index contributed by atoms with van der Waals surface area (Å²) in [7, 11) is 1.44. The van der Waals surface area contributed by atoms with Gasteiger partial charge in [0.1, 0.15) is 0 Å². The van der Waals surface area contributed by atoms with Crippen molar-refractivity contribution in [3.8, 4) is 11.5 Å². The van der Waals surface area contributed by atoms with E-state index in [4.69, 9.17) is 4.74 Å². The molecular weight excluding hydrogens is 858 g/mol. The van der Waals surface area contributed by atoms with Gasteiger partial charge in [-0.15, -0.1) is 0 Å². The number of benzene rings is 4. The average molecular weight is 890 g/mol. The second kappa shape index (κ2) is 13.0. The highest BCUT2D eigenvalue weighted by Crippen LogP contribution is 2.65. The van der Waals surface area contributed by atoms with E-state index in [-0.39, 0.29) is 36.2 Å². The van der Waals surface area contributed by atoms with Crippen LogP contribution in [0.2, 0.25) is 0 Å². The molecule has 4 amide bonds. The molecule has 12 heteroatoms. The number of rotatable bonds is 6. The van der Waals surface area contributed by atoms with Crippen molar-refractivity contribution in [2.45, 2.75) is 31.1 Å². The molecule has 52 heavy (non-hydrogen) atoms. The first-order valence-electron chi connectivity index (χ1n) is 16.8. The first-order valence-corrected chi connectivity index (χ1v) is 19.2. The number of methoxy groups -OCH3 is 1. The number of phenolic OH excluding ortho intramolecular Hbond substituents is 1. The van der Waals surface area contributed by atoms with Crippen molar-refractivity contribution < 1.29 is 29.0 Å². The Labute approximate surface area is 325 Å². The molecule has 2 aliphatic heterocycles. The van der Waals surface area contributed by atoms with E-state index < -0.39 is 46.8 Å². The molecule has 0 aromatic heterocycles. The van der Waals surface area contributed by atoms with Crippen LogP contribution in [-0.4, -0.2) is 40.9 Å². The number of hydrazine groups is 1. The zero-order valence-electron chi connectivity index (χ0n) is 28.0. The third-order valence-electron chi connectivity index (χ3n) is 11.2. The number of hydrogen-bond acceptors (Lipinski definition) is 7. The number of fused-ring (bicyclic) bond motifs is 4. The summed E-state index contributed by atoms with van der Waals surface area (Å²) in [6.07, 6.45) is 2.44. The standard InChI is InChI=1S/C40H32Br3N3O6/c1-20-8-12-23(13-9-20)44-46-37(49)29-18-27-25(16-17-26-31(27)38(50)45(36(26)48)24-14-10-22(41)11-15-24)32(28-19-30(52-2)35(47)34(43)33(28)42)40(29,39(46)51)21-6-4-3-5-7-21/h3-16,19,26-27,29,31-32,44,47H,17-18H2,1-2H3/t26-,27+,29-,31-,32+,40+/m0/s1. The van der Waals surface area contributed by atoms with Crippen LogP contribution in [0.15, 0.2) is 110 Å². The van der Waals surface area contributed by atoms with Crippen molar-refractivity contribution in [1.82, 2.24) is 5.01 Å². The van der Waals surface area contributed by atoms with Crippen molar-refractivity contribution in [2.75, 3.05) is 17.4 Å². The largest absolute Gasteiger partial charge is 0.503 e. The van der Waals surface area contributed by atoms with Gasteiger partial charge in [0.15, 0.2) is 11.5 Å². The van der Waals surface area contributed by atoms with Gasteiger partial charge in [0.25, 0.3) is 11.8 Å². The third kappa shape index (κ3) is 5.04. The summed E-state index contributed by atoms with van der Waals surface area (Å²) >= 11 is 10.7. The number of phenols is 1. The molecule has 4 aliphatic rings. The highest BCUT2D eigenvalue weighted by atomic mass is 79.9. The second-order valence-electron chi connectivity index (χ2n) is 13.7. The molecule has 0 bridgehead atoms. The van der Waals surface area contributed by atoms with Gasteiger partial charge < -0.3 is 9.84 Å². The molecule has 4 aromatic rings. The fourth-order valence-corrected chi connectivity index (χ4v) is 10.1. The number of carbonyl (C=O) groups is 4. The third-order valence-corrected chi connectivity index (χ3v) is 13.9. The number of nitrogens with zero attached hydrogens (tertiary/aromatic N) is 2. The van der Waals surface area contributed by atoms with Crippen LogP contribution in [0.25, 0.3) is 0 Å². The minimum Gasteiger partial charge on any atom is -0.503 e. The van der Waals surface area contributed by atoms with E-state index in [9.17, 15) is 19.5 Å². The van der Waals surface area contributed by atoms with Gasteiger partial charge in [-0.3, -0.25) is 29.5 Å². The Morgan fingerprint density at radius 3 is 2.21 bits per heavy atom. The number of amides is 4. The van der Waals surface area contributed by atoms with Crippen LogP contribution in [0.4, 0.5) is 11.4 Å². The van der Waals surface area contributed by atoms with Gasteiger partial charge in [-0.05, 0) is 111 Å². The van der Waals surface area contributed by atoms with E-state index in [1.165, 1.54) is 12.0 Å². The van der Waals surface area contributed by atoms with Gasteiger partial charge >= 0.3 is 0 Å². The first-order chi connectivity index (χ1) is 25.0. The molecule has 2 heterocycles. The van der Waals surface area contributed by atoms with Crippen LogP contribution in [-0.2, 0) is 24.6 Å². The van der Waals surface area contributed by atoms with Crippen LogP contribution in [0.3, 0.4) is 0 Å². The fourth-order valence-electron chi connectivity index (χ4n) is 8.91. The lowest BCUT2D eigenvalue weighted by Crippen LogP contribution is -2.53. The molecule has 2 N–H and O–H groups in total. The smallest absolute Gasteiger partial charge is 0.260 e. The van der Waals surface area contributed by atoms with Crippen molar-refractivity contribution >= 4 is 82.8 Å². The SMILES string of the molecule is COc1cc([C@H]2C3=CC[C@@H]4C(=O)N(c5ccc(Br)cc5)C(=O)[C@@H]4[C@@H]3C[C@H]3C(=O)N(Nc4ccc(C)cc4)C(=O)[C@@]23c2ccccc2)c(Br)c(Br)c1O. The lowest BCUT2D eigenvalue weighted by molar-refractivity contribution is -0.138.